The molecule has 0 aliphatic carbocycles. The van der Waals surface area contributed by atoms with Gasteiger partial charge in [-0.1, -0.05) is 74.2 Å². The predicted octanol–water partition coefficient (Wildman–Crippen LogP) is 6.33. The van der Waals surface area contributed by atoms with E-state index >= 15 is 0 Å². The fraction of sp³-hybridized carbons (Fsp3) is 0.407. The first-order valence-electron chi connectivity index (χ1n) is 10.5. The summed E-state index contributed by atoms with van der Waals surface area (Å²) in [4.78, 5) is 2.45. The van der Waals surface area contributed by atoms with Gasteiger partial charge in [-0.05, 0) is 56.0 Å². The molecule has 0 unspecified atom stereocenters. The number of rotatable bonds is 9. The molecule has 154 valence electrons. The SMILES string of the molecule is CC(C)CN(CC=CC#CC(C)(C)C)Cc1cccc(OCc2ccccc2)c1. The first kappa shape index (κ1) is 22.8. The molecule has 2 nitrogen and oxygen atoms in total. The van der Waals surface area contributed by atoms with Crippen molar-refractivity contribution < 1.29 is 4.74 Å². The fourth-order valence-corrected chi connectivity index (χ4v) is 2.97. The smallest absolute Gasteiger partial charge is 0.120 e. The third kappa shape index (κ3) is 10.0. The largest absolute Gasteiger partial charge is 0.489 e. The highest BCUT2D eigenvalue weighted by Crippen LogP contribution is 2.17. The van der Waals surface area contributed by atoms with Crippen LogP contribution < -0.4 is 4.74 Å². The molecule has 2 aromatic carbocycles. The topological polar surface area (TPSA) is 12.5 Å². The Morgan fingerprint density at radius 2 is 1.72 bits per heavy atom. The van der Waals surface area contributed by atoms with Crippen LogP contribution >= 0.6 is 0 Å². The van der Waals surface area contributed by atoms with Crippen molar-refractivity contribution in [2.75, 3.05) is 13.1 Å². The quantitative estimate of drug-likeness (QED) is 0.465. The van der Waals surface area contributed by atoms with Crippen molar-refractivity contribution in [3.8, 4) is 17.6 Å². The highest BCUT2D eigenvalue weighted by molar-refractivity contribution is 5.29. The van der Waals surface area contributed by atoms with Gasteiger partial charge < -0.3 is 4.74 Å². The zero-order chi connectivity index (χ0) is 21.1. The normalized spacial score (nSPS) is 11.7. The molecule has 0 atom stereocenters. The zero-order valence-electron chi connectivity index (χ0n) is 18.6. The molecule has 0 aliphatic rings. The second-order valence-electron chi connectivity index (χ2n) is 8.93. The summed E-state index contributed by atoms with van der Waals surface area (Å²) in [5.74, 6) is 7.94. The molecule has 2 heteroatoms. The number of hydrogen-bond acceptors (Lipinski definition) is 2. The van der Waals surface area contributed by atoms with E-state index in [4.69, 9.17) is 4.74 Å². The molecule has 0 bridgehead atoms. The van der Waals surface area contributed by atoms with Crippen LogP contribution in [0, 0.1) is 23.2 Å². The van der Waals surface area contributed by atoms with E-state index in [0.29, 0.717) is 12.5 Å². The van der Waals surface area contributed by atoms with Crippen LogP contribution in [0.25, 0.3) is 0 Å². The van der Waals surface area contributed by atoms with E-state index in [2.05, 4.69) is 87.8 Å². The van der Waals surface area contributed by atoms with Gasteiger partial charge in [0.1, 0.15) is 12.4 Å². The van der Waals surface area contributed by atoms with Crippen molar-refractivity contribution in [1.29, 1.82) is 0 Å². The molecule has 0 fully saturated rings. The Hall–Kier alpha value is -2.50. The van der Waals surface area contributed by atoms with Crippen molar-refractivity contribution in [2.24, 2.45) is 11.3 Å². The van der Waals surface area contributed by atoms with Crippen molar-refractivity contribution in [3.05, 3.63) is 77.9 Å². The molecule has 2 aromatic rings. The van der Waals surface area contributed by atoms with Crippen molar-refractivity contribution in [3.63, 3.8) is 0 Å². The standard InChI is InChI=1S/C27H35NO/c1-23(2)20-28(18-11-7-10-17-27(3,4)5)21-25-15-12-16-26(19-25)29-22-24-13-8-6-9-14-24/h6-9,11-16,19,23H,18,20-22H2,1-5H3. The predicted molar refractivity (Wildman–Crippen MR) is 124 cm³/mol. The summed E-state index contributed by atoms with van der Waals surface area (Å²) in [6.45, 7) is 14.3. The van der Waals surface area contributed by atoms with Gasteiger partial charge in [0, 0.05) is 25.0 Å². The Balaban J connectivity index is 1.96. The highest BCUT2D eigenvalue weighted by atomic mass is 16.5. The monoisotopic (exact) mass is 389 g/mol. The lowest BCUT2D eigenvalue weighted by Gasteiger charge is -2.23. The summed E-state index contributed by atoms with van der Waals surface area (Å²) in [6.07, 6.45) is 4.15. The van der Waals surface area contributed by atoms with Gasteiger partial charge in [0.25, 0.3) is 0 Å². The molecule has 0 saturated heterocycles. The number of benzene rings is 2. The maximum Gasteiger partial charge on any atom is 0.120 e. The van der Waals surface area contributed by atoms with Crippen LogP contribution in [-0.4, -0.2) is 18.0 Å². The summed E-state index contributed by atoms with van der Waals surface area (Å²) in [5, 5.41) is 0. The minimum atomic E-state index is 0.0438. The van der Waals surface area contributed by atoms with Crippen LogP contribution in [0.3, 0.4) is 0 Å². The average Bonchev–Trinajstić information content (AvgIpc) is 2.66. The molecule has 0 radical (unpaired) electrons. The molecule has 0 aliphatic heterocycles. The molecule has 29 heavy (non-hydrogen) atoms. The van der Waals surface area contributed by atoms with Crippen LogP contribution in [0.4, 0.5) is 0 Å². The number of hydrogen-bond donors (Lipinski definition) is 0. The van der Waals surface area contributed by atoms with Crippen LogP contribution in [0.2, 0.25) is 0 Å². The third-order valence-electron chi connectivity index (χ3n) is 4.19. The van der Waals surface area contributed by atoms with Gasteiger partial charge in [-0.25, -0.2) is 0 Å². The number of ether oxygens (including phenoxy) is 1. The molecule has 0 saturated carbocycles. The van der Waals surface area contributed by atoms with Gasteiger partial charge in [0.05, 0.1) is 0 Å². The number of allylic oxidation sites excluding steroid dienone is 1. The van der Waals surface area contributed by atoms with Gasteiger partial charge in [-0.15, -0.1) is 0 Å². The van der Waals surface area contributed by atoms with Gasteiger partial charge in [-0.3, -0.25) is 4.90 Å². The Kier molecular flexibility index (Phi) is 9.03. The van der Waals surface area contributed by atoms with E-state index < -0.39 is 0 Å². The van der Waals surface area contributed by atoms with Crippen LogP contribution in [0.1, 0.15) is 45.7 Å². The van der Waals surface area contributed by atoms with E-state index in [9.17, 15) is 0 Å². The maximum atomic E-state index is 5.99. The van der Waals surface area contributed by atoms with Gasteiger partial charge in [0.15, 0.2) is 0 Å². The summed E-state index contributed by atoms with van der Waals surface area (Å²) >= 11 is 0. The lowest BCUT2D eigenvalue weighted by Crippen LogP contribution is -2.27. The molecular weight excluding hydrogens is 354 g/mol. The Bertz CT molecular complexity index is 819. The minimum Gasteiger partial charge on any atom is -0.489 e. The van der Waals surface area contributed by atoms with Crippen LogP contribution in [-0.2, 0) is 13.2 Å². The summed E-state index contributed by atoms with van der Waals surface area (Å²) in [5.41, 5.74) is 2.49. The molecule has 2 rings (SSSR count). The highest BCUT2D eigenvalue weighted by Gasteiger charge is 2.08. The van der Waals surface area contributed by atoms with E-state index in [-0.39, 0.29) is 5.41 Å². The Labute approximate surface area is 177 Å². The average molecular weight is 390 g/mol. The maximum absolute atomic E-state index is 5.99. The lowest BCUT2D eigenvalue weighted by atomic mass is 9.98. The number of nitrogens with zero attached hydrogens (tertiary/aromatic N) is 1. The molecule has 0 amide bonds. The third-order valence-corrected chi connectivity index (χ3v) is 4.19. The van der Waals surface area contributed by atoms with E-state index in [0.717, 1.165) is 25.4 Å². The summed E-state index contributed by atoms with van der Waals surface area (Å²) < 4.78 is 5.99. The van der Waals surface area contributed by atoms with Crippen molar-refractivity contribution in [2.45, 2.75) is 47.8 Å². The fourth-order valence-electron chi connectivity index (χ4n) is 2.97. The minimum absolute atomic E-state index is 0.0438. The Morgan fingerprint density at radius 3 is 2.41 bits per heavy atom. The van der Waals surface area contributed by atoms with Crippen molar-refractivity contribution >= 4 is 0 Å². The first-order chi connectivity index (χ1) is 13.8. The lowest BCUT2D eigenvalue weighted by molar-refractivity contribution is 0.259. The Morgan fingerprint density at radius 1 is 1.00 bits per heavy atom. The van der Waals surface area contributed by atoms with E-state index in [1.54, 1.807) is 0 Å². The molecule has 0 N–H and O–H groups in total. The van der Waals surface area contributed by atoms with E-state index in [1.807, 2.05) is 30.3 Å². The molecule has 0 spiro atoms. The van der Waals surface area contributed by atoms with Crippen LogP contribution in [0.15, 0.2) is 66.7 Å². The first-order valence-corrected chi connectivity index (χ1v) is 10.5. The second-order valence-corrected chi connectivity index (χ2v) is 8.93. The molecular formula is C27H35NO. The molecule has 0 aromatic heterocycles. The summed E-state index contributed by atoms with van der Waals surface area (Å²) in [7, 11) is 0. The second kappa shape index (κ2) is 11.5. The van der Waals surface area contributed by atoms with E-state index in [1.165, 1.54) is 11.1 Å². The molecule has 0 heterocycles. The zero-order valence-corrected chi connectivity index (χ0v) is 18.6. The van der Waals surface area contributed by atoms with Crippen LogP contribution in [0.5, 0.6) is 5.75 Å². The summed E-state index contributed by atoms with van der Waals surface area (Å²) in [6, 6.07) is 18.7. The van der Waals surface area contributed by atoms with Crippen molar-refractivity contribution in [1.82, 2.24) is 4.90 Å². The van der Waals surface area contributed by atoms with Gasteiger partial charge in [-0.2, -0.15) is 0 Å². The van der Waals surface area contributed by atoms with Gasteiger partial charge >= 0.3 is 0 Å². The van der Waals surface area contributed by atoms with Gasteiger partial charge in [0.2, 0.25) is 0 Å².